The lowest BCUT2D eigenvalue weighted by Crippen LogP contribution is -2.63. The Kier molecular flexibility index (Phi) is 4.08. The summed E-state index contributed by atoms with van der Waals surface area (Å²) < 4.78 is 34.0. The van der Waals surface area contributed by atoms with Crippen LogP contribution in [0.5, 0.6) is 11.5 Å². The zero-order valence-electron chi connectivity index (χ0n) is 11.9. The van der Waals surface area contributed by atoms with Gasteiger partial charge in [-0.05, 0) is 31.0 Å². The molecule has 1 amide bonds. The third kappa shape index (κ3) is 2.94. The molecule has 0 aromatic heterocycles. The fourth-order valence-electron chi connectivity index (χ4n) is 2.63. The second kappa shape index (κ2) is 5.38. The monoisotopic (exact) mass is 333 g/mol. The molecule has 0 spiro atoms. The molecule has 1 aromatic rings. The molecule has 1 heterocycles. The first kappa shape index (κ1) is 15.9. The molecule has 0 saturated carbocycles. The number of ether oxygens (including phenoxy) is 2. The highest BCUT2D eigenvalue weighted by Crippen LogP contribution is 2.39. The van der Waals surface area contributed by atoms with E-state index in [1.807, 2.05) is 0 Å². The lowest BCUT2D eigenvalue weighted by Gasteiger charge is -2.47. The molecule has 1 aliphatic rings. The maximum atomic E-state index is 11.5. The largest absolute Gasteiger partial charge is 0.493 e. The molecule has 1 fully saturated rings. The Bertz CT molecular complexity index is 675. The summed E-state index contributed by atoms with van der Waals surface area (Å²) in [6.07, 6.45) is 0.484. The van der Waals surface area contributed by atoms with Crippen LogP contribution >= 0.6 is 10.7 Å². The van der Waals surface area contributed by atoms with Crippen molar-refractivity contribution < 1.29 is 22.7 Å². The summed E-state index contributed by atoms with van der Waals surface area (Å²) in [6, 6.07) is 5.29. The number of β-lactam (4-membered cyclic amide) rings is 1. The van der Waals surface area contributed by atoms with E-state index in [4.69, 9.17) is 20.2 Å². The lowest BCUT2D eigenvalue weighted by atomic mass is 9.83. The number of rotatable bonds is 5. The minimum atomic E-state index is -4.07. The number of amides is 1. The number of carbonyl (C=O) groups excluding carboxylic acids is 1. The van der Waals surface area contributed by atoms with E-state index in [9.17, 15) is 13.2 Å². The number of hydrogen-bond donors (Lipinski definition) is 0. The molecule has 116 valence electrons. The molecule has 21 heavy (non-hydrogen) atoms. The van der Waals surface area contributed by atoms with Crippen LogP contribution in [0.2, 0.25) is 0 Å². The van der Waals surface area contributed by atoms with Gasteiger partial charge in [0.1, 0.15) is 0 Å². The Morgan fingerprint density at radius 3 is 2.38 bits per heavy atom. The fourth-order valence-corrected chi connectivity index (χ4v) is 4.32. The van der Waals surface area contributed by atoms with Crippen molar-refractivity contribution in [2.75, 3.05) is 14.2 Å². The van der Waals surface area contributed by atoms with E-state index >= 15 is 0 Å². The predicted octanol–water partition coefficient (Wildman–Crippen LogP) is 1.72. The molecule has 0 N–H and O–H groups in total. The van der Waals surface area contributed by atoms with E-state index in [0.29, 0.717) is 17.9 Å². The van der Waals surface area contributed by atoms with Gasteiger partial charge in [0, 0.05) is 10.7 Å². The minimum Gasteiger partial charge on any atom is -0.493 e. The number of benzene rings is 1. The average Bonchev–Trinajstić information content (AvgIpc) is 2.35. The molecule has 2 rings (SSSR count). The number of nitrogens with zero attached hydrogens (tertiary/aromatic N) is 1. The van der Waals surface area contributed by atoms with Gasteiger partial charge < -0.3 is 9.47 Å². The second-order valence-electron chi connectivity index (χ2n) is 5.14. The Morgan fingerprint density at radius 1 is 1.29 bits per heavy atom. The number of halogens is 1. The van der Waals surface area contributed by atoms with E-state index < -0.39 is 20.7 Å². The molecule has 8 heteroatoms. The highest BCUT2D eigenvalue weighted by Gasteiger charge is 2.53. The standard InChI is InChI=1S/C13H16ClNO5S/c1-13(8-12(16)15(13)21(14,17)18)7-9-4-5-10(19-2)11(6-9)20-3/h4-6H,7-8H2,1-3H3. The van der Waals surface area contributed by atoms with Gasteiger partial charge in [-0.2, -0.15) is 8.42 Å². The van der Waals surface area contributed by atoms with Gasteiger partial charge in [-0.25, -0.2) is 4.31 Å². The summed E-state index contributed by atoms with van der Waals surface area (Å²) in [5.74, 6) is 0.635. The molecule has 1 unspecified atom stereocenters. The van der Waals surface area contributed by atoms with Crippen LogP contribution in [0.1, 0.15) is 18.9 Å². The van der Waals surface area contributed by atoms with Gasteiger partial charge in [0.05, 0.1) is 26.2 Å². The van der Waals surface area contributed by atoms with Crippen LogP contribution in [-0.4, -0.2) is 38.4 Å². The van der Waals surface area contributed by atoms with Crippen LogP contribution in [0.15, 0.2) is 18.2 Å². The van der Waals surface area contributed by atoms with E-state index in [2.05, 4.69) is 0 Å². The molecule has 1 atom stereocenters. The molecule has 1 aromatic carbocycles. The Morgan fingerprint density at radius 2 is 1.90 bits per heavy atom. The normalized spacial score (nSPS) is 21.9. The Labute approximate surface area is 128 Å². The van der Waals surface area contributed by atoms with Crippen molar-refractivity contribution in [1.82, 2.24) is 4.31 Å². The third-order valence-corrected chi connectivity index (χ3v) is 4.99. The van der Waals surface area contributed by atoms with Crippen molar-refractivity contribution in [3.05, 3.63) is 23.8 Å². The van der Waals surface area contributed by atoms with E-state index in [1.165, 1.54) is 14.2 Å². The summed E-state index contributed by atoms with van der Waals surface area (Å²) in [5.41, 5.74) is -0.0231. The smallest absolute Gasteiger partial charge is 0.324 e. The molecule has 0 bridgehead atoms. The van der Waals surface area contributed by atoms with Crippen LogP contribution in [0.25, 0.3) is 0 Å². The first-order chi connectivity index (χ1) is 9.71. The Balaban J connectivity index is 2.28. The van der Waals surface area contributed by atoms with Gasteiger partial charge in [0.25, 0.3) is 0 Å². The zero-order valence-corrected chi connectivity index (χ0v) is 13.5. The van der Waals surface area contributed by atoms with Crippen LogP contribution in [0.4, 0.5) is 0 Å². The Hall–Kier alpha value is -1.47. The van der Waals surface area contributed by atoms with Gasteiger partial charge in [-0.3, -0.25) is 4.79 Å². The SMILES string of the molecule is COc1ccc(CC2(C)CC(=O)N2S(=O)(=O)Cl)cc1OC. The van der Waals surface area contributed by atoms with E-state index in [1.54, 1.807) is 25.1 Å². The summed E-state index contributed by atoms with van der Waals surface area (Å²) in [6.45, 7) is 1.69. The van der Waals surface area contributed by atoms with Crippen molar-refractivity contribution in [3.63, 3.8) is 0 Å². The fraction of sp³-hybridized carbons (Fsp3) is 0.462. The van der Waals surface area contributed by atoms with E-state index in [0.717, 1.165) is 9.87 Å². The molecule has 1 aliphatic heterocycles. The highest BCUT2D eigenvalue weighted by atomic mass is 35.7. The van der Waals surface area contributed by atoms with Crippen molar-refractivity contribution in [2.24, 2.45) is 0 Å². The second-order valence-corrected chi connectivity index (χ2v) is 7.50. The summed E-state index contributed by atoms with van der Waals surface area (Å²) in [7, 11) is 4.30. The quantitative estimate of drug-likeness (QED) is 0.606. The summed E-state index contributed by atoms with van der Waals surface area (Å²) in [5, 5.41) is 0. The van der Waals surface area contributed by atoms with Crippen LogP contribution in [-0.2, 0) is 20.5 Å². The zero-order chi connectivity index (χ0) is 15.8. The van der Waals surface area contributed by atoms with Gasteiger partial charge in [0.15, 0.2) is 11.5 Å². The number of methoxy groups -OCH3 is 2. The average molecular weight is 334 g/mol. The molecule has 1 saturated heterocycles. The maximum Gasteiger partial charge on any atom is 0.324 e. The molecule has 6 nitrogen and oxygen atoms in total. The van der Waals surface area contributed by atoms with Gasteiger partial charge in [0.2, 0.25) is 5.91 Å². The van der Waals surface area contributed by atoms with E-state index in [-0.39, 0.29) is 6.42 Å². The summed E-state index contributed by atoms with van der Waals surface area (Å²) >= 11 is 0. The molecule has 0 aliphatic carbocycles. The number of carbonyl (C=O) groups is 1. The number of hydrogen-bond acceptors (Lipinski definition) is 5. The van der Waals surface area contributed by atoms with Crippen LogP contribution in [0.3, 0.4) is 0 Å². The van der Waals surface area contributed by atoms with Crippen molar-refractivity contribution in [2.45, 2.75) is 25.3 Å². The maximum absolute atomic E-state index is 11.5. The first-order valence-electron chi connectivity index (χ1n) is 6.20. The predicted molar refractivity (Wildman–Crippen MR) is 77.9 cm³/mol. The molecule has 0 radical (unpaired) electrons. The molecular formula is C13H16ClNO5S. The topological polar surface area (TPSA) is 72.9 Å². The van der Waals surface area contributed by atoms with Gasteiger partial charge >= 0.3 is 9.24 Å². The van der Waals surface area contributed by atoms with Crippen molar-refractivity contribution in [3.8, 4) is 11.5 Å². The minimum absolute atomic E-state index is 0.132. The van der Waals surface area contributed by atoms with Crippen molar-refractivity contribution in [1.29, 1.82) is 0 Å². The van der Waals surface area contributed by atoms with Crippen molar-refractivity contribution >= 4 is 25.8 Å². The van der Waals surface area contributed by atoms with Crippen LogP contribution < -0.4 is 9.47 Å². The highest BCUT2D eigenvalue weighted by molar-refractivity contribution is 8.12. The van der Waals surface area contributed by atoms with Gasteiger partial charge in [-0.15, -0.1) is 0 Å². The third-order valence-electron chi connectivity index (χ3n) is 3.50. The summed E-state index contributed by atoms with van der Waals surface area (Å²) in [4.78, 5) is 11.5. The molecular weight excluding hydrogens is 318 g/mol. The van der Waals surface area contributed by atoms with Crippen LogP contribution in [0, 0.1) is 0 Å². The van der Waals surface area contributed by atoms with Gasteiger partial charge in [-0.1, -0.05) is 6.07 Å². The first-order valence-corrected chi connectivity index (χ1v) is 8.46. The lowest BCUT2D eigenvalue weighted by molar-refractivity contribution is -0.143.